The Balaban J connectivity index is 1.94. The molecule has 0 atom stereocenters. The molecule has 0 aliphatic heterocycles. The zero-order chi connectivity index (χ0) is 16.0. The van der Waals surface area contributed by atoms with Crippen molar-refractivity contribution in [3.63, 3.8) is 0 Å². The summed E-state index contributed by atoms with van der Waals surface area (Å²) >= 11 is 0. The van der Waals surface area contributed by atoms with Crippen molar-refractivity contribution < 1.29 is 9.21 Å². The molecule has 1 N–H and O–H groups in total. The Kier molecular flexibility index (Phi) is 10.1. The maximum absolute atomic E-state index is 11.6. The Morgan fingerprint density at radius 3 is 2.32 bits per heavy atom. The predicted octanol–water partition coefficient (Wildman–Crippen LogP) is 4.96. The van der Waals surface area contributed by atoms with E-state index in [2.05, 4.69) is 17.5 Å². The van der Waals surface area contributed by atoms with Gasteiger partial charge < -0.3 is 4.42 Å². The molecule has 0 saturated heterocycles. The summed E-state index contributed by atoms with van der Waals surface area (Å²) in [5, 5.41) is 3.89. The summed E-state index contributed by atoms with van der Waals surface area (Å²) in [6.07, 6.45) is 13.4. The fourth-order valence-corrected chi connectivity index (χ4v) is 2.34. The summed E-state index contributed by atoms with van der Waals surface area (Å²) in [5.74, 6) is 1.46. The van der Waals surface area contributed by atoms with Crippen LogP contribution in [0.3, 0.4) is 0 Å². The summed E-state index contributed by atoms with van der Waals surface area (Å²) in [5.41, 5.74) is 2.54. The Morgan fingerprint density at radius 2 is 1.73 bits per heavy atom. The molecule has 0 bridgehead atoms. The van der Waals surface area contributed by atoms with Crippen LogP contribution < -0.4 is 5.43 Å². The van der Waals surface area contributed by atoms with Gasteiger partial charge in [-0.25, -0.2) is 5.43 Å². The van der Waals surface area contributed by atoms with Gasteiger partial charge in [0.05, 0.1) is 6.21 Å². The molecule has 0 unspecified atom stereocenters. The minimum Gasteiger partial charge on any atom is -0.460 e. The number of amides is 1. The van der Waals surface area contributed by atoms with Crippen molar-refractivity contribution in [3.8, 4) is 0 Å². The number of hydrogen-bond donors (Lipinski definition) is 1. The van der Waals surface area contributed by atoms with Crippen molar-refractivity contribution in [1.82, 2.24) is 5.43 Å². The molecule has 0 saturated carbocycles. The third kappa shape index (κ3) is 9.37. The van der Waals surface area contributed by atoms with E-state index in [9.17, 15) is 4.79 Å². The number of hydrogen-bond acceptors (Lipinski definition) is 3. The van der Waals surface area contributed by atoms with Crippen molar-refractivity contribution in [2.24, 2.45) is 5.10 Å². The van der Waals surface area contributed by atoms with Gasteiger partial charge in [-0.1, -0.05) is 58.3 Å². The van der Waals surface area contributed by atoms with Crippen LogP contribution in [0, 0.1) is 6.92 Å². The highest BCUT2D eigenvalue weighted by molar-refractivity contribution is 5.80. The first-order valence-electron chi connectivity index (χ1n) is 8.60. The Bertz CT molecular complexity index is 438. The summed E-state index contributed by atoms with van der Waals surface area (Å²) in [7, 11) is 0. The monoisotopic (exact) mass is 306 g/mol. The van der Waals surface area contributed by atoms with Gasteiger partial charge in [-0.15, -0.1) is 0 Å². The van der Waals surface area contributed by atoms with E-state index in [1.54, 1.807) is 0 Å². The van der Waals surface area contributed by atoms with Gasteiger partial charge >= 0.3 is 0 Å². The molecule has 0 fully saturated rings. The molecule has 22 heavy (non-hydrogen) atoms. The first kappa shape index (κ1) is 18.5. The largest absolute Gasteiger partial charge is 0.460 e. The van der Waals surface area contributed by atoms with Gasteiger partial charge in [0.2, 0.25) is 5.91 Å². The maximum Gasteiger partial charge on any atom is 0.240 e. The van der Waals surface area contributed by atoms with Crippen LogP contribution in [0.15, 0.2) is 21.7 Å². The fraction of sp³-hybridized carbons (Fsp3) is 0.667. The number of carbonyl (C=O) groups is 1. The fourth-order valence-electron chi connectivity index (χ4n) is 2.34. The molecule has 1 amide bonds. The second kappa shape index (κ2) is 12.0. The smallest absolute Gasteiger partial charge is 0.240 e. The summed E-state index contributed by atoms with van der Waals surface area (Å²) in [6.45, 7) is 4.12. The van der Waals surface area contributed by atoms with Crippen LogP contribution in [0.4, 0.5) is 0 Å². The summed E-state index contributed by atoms with van der Waals surface area (Å²) < 4.78 is 5.33. The zero-order valence-corrected chi connectivity index (χ0v) is 14.1. The number of nitrogens with zero attached hydrogens (tertiary/aromatic N) is 1. The van der Waals surface area contributed by atoms with Crippen molar-refractivity contribution in [1.29, 1.82) is 0 Å². The second-order valence-corrected chi connectivity index (χ2v) is 5.82. The highest BCUT2D eigenvalue weighted by Crippen LogP contribution is 2.10. The topological polar surface area (TPSA) is 54.6 Å². The Morgan fingerprint density at radius 1 is 1.09 bits per heavy atom. The molecular weight excluding hydrogens is 276 g/mol. The molecule has 124 valence electrons. The van der Waals surface area contributed by atoms with E-state index in [-0.39, 0.29) is 5.91 Å². The van der Waals surface area contributed by atoms with Gasteiger partial charge in [0, 0.05) is 6.42 Å². The molecule has 0 spiro atoms. The molecule has 4 heteroatoms. The van der Waals surface area contributed by atoms with Crippen LogP contribution in [0.2, 0.25) is 0 Å². The van der Waals surface area contributed by atoms with Crippen LogP contribution in [-0.2, 0) is 4.79 Å². The number of carbonyl (C=O) groups excluding carboxylic acids is 1. The van der Waals surface area contributed by atoms with Crippen LogP contribution in [0.25, 0.3) is 0 Å². The normalized spacial score (nSPS) is 11.2. The molecule has 1 aromatic heterocycles. The minimum atomic E-state index is -0.0255. The number of unbranched alkanes of at least 4 members (excludes halogenated alkanes) is 8. The minimum absolute atomic E-state index is 0.0255. The Labute approximate surface area is 134 Å². The maximum atomic E-state index is 11.6. The SMILES string of the molecule is CCCCCCCCCCCC(=O)N/N=C/c1ccc(C)o1. The van der Waals surface area contributed by atoms with Gasteiger partial charge in [-0.3, -0.25) is 4.79 Å². The lowest BCUT2D eigenvalue weighted by Crippen LogP contribution is -2.16. The first-order chi connectivity index (χ1) is 10.7. The van der Waals surface area contributed by atoms with Crippen molar-refractivity contribution in [2.75, 3.05) is 0 Å². The predicted molar refractivity (Wildman–Crippen MR) is 91.0 cm³/mol. The van der Waals surface area contributed by atoms with Crippen molar-refractivity contribution >= 4 is 12.1 Å². The molecule has 0 aliphatic rings. The number of rotatable bonds is 12. The van der Waals surface area contributed by atoms with E-state index in [1.165, 1.54) is 51.2 Å². The zero-order valence-electron chi connectivity index (χ0n) is 14.1. The van der Waals surface area contributed by atoms with Crippen LogP contribution in [0.5, 0.6) is 0 Å². The standard InChI is InChI=1S/C18H30N2O2/c1-3-4-5-6-7-8-9-10-11-12-18(21)20-19-15-17-14-13-16(2)22-17/h13-15H,3-12H2,1-2H3,(H,20,21)/b19-15+. The molecule has 1 heterocycles. The first-order valence-corrected chi connectivity index (χ1v) is 8.60. The Hall–Kier alpha value is -1.58. The van der Waals surface area contributed by atoms with E-state index in [0.717, 1.165) is 18.6 Å². The van der Waals surface area contributed by atoms with E-state index in [1.807, 2.05) is 19.1 Å². The molecule has 0 aliphatic carbocycles. The number of hydrazone groups is 1. The van der Waals surface area contributed by atoms with Gasteiger partial charge in [0.25, 0.3) is 0 Å². The number of furan rings is 1. The highest BCUT2D eigenvalue weighted by atomic mass is 16.3. The third-order valence-electron chi connectivity index (χ3n) is 3.65. The second-order valence-electron chi connectivity index (χ2n) is 5.82. The molecule has 1 aromatic rings. The van der Waals surface area contributed by atoms with Crippen LogP contribution >= 0.6 is 0 Å². The van der Waals surface area contributed by atoms with E-state index >= 15 is 0 Å². The quantitative estimate of drug-likeness (QED) is 0.337. The van der Waals surface area contributed by atoms with Gasteiger partial charge in [0.1, 0.15) is 11.5 Å². The summed E-state index contributed by atoms with van der Waals surface area (Å²) in [4.78, 5) is 11.6. The lowest BCUT2D eigenvalue weighted by molar-refractivity contribution is -0.121. The van der Waals surface area contributed by atoms with Crippen molar-refractivity contribution in [3.05, 3.63) is 23.7 Å². The number of aryl methyl sites for hydroxylation is 1. The lowest BCUT2D eigenvalue weighted by Gasteiger charge is -2.02. The molecular formula is C18H30N2O2. The highest BCUT2D eigenvalue weighted by Gasteiger charge is 2.00. The lowest BCUT2D eigenvalue weighted by atomic mass is 10.1. The average molecular weight is 306 g/mol. The average Bonchev–Trinajstić information content (AvgIpc) is 2.91. The van der Waals surface area contributed by atoms with E-state index < -0.39 is 0 Å². The van der Waals surface area contributed by atoms with Gasteiger partial charge in [-0.2, -0.15) is 5.10 Å². The molecule has 0 radical (unpaired) electrons. The van der Waals surface area contributed by atoms with E-state index in [4.69, 9.17) is 4.42 Å². The van der Waals surface area contributed by atoms with Gasteiger partial charge in [-0.05, 0) is 25.5 Å². The molecule has 0 aromatic carbocycles. The number of nitrogens with one attached hydrogen (secondary N) is 1. The molecule has 1 rings (SSSR count). The van der Waals surface area contributed by atoms with E-state index in [0.29, 0.717) is 12.2 Å². The summed E-state index contributed by atoms with van der Waals surface area (Å²) in [6, 6.07) is 3.69. The van der Waals surface area contributed by atoms with Crippen LogP contribution in [0.1, 0.15) is 82.7 Å². The van der Waals surface area contributed by atoms with Crippen LogP contribution in [-0.4, -0.2) is 12.1 Å². The third-order valence-corrected chi connectivity index (χ3v) is 3.65. The molecule has 4 nitrogen and oxygen atoms in total. The van der Waals surface area contributed by atoms with Gasteiger partial charge in [0.15, 0.2) is 0 Å². The van der Waals surface area contributed by atoms with Crippen molar-refractivity contribution in [2.45, 2.75) is 78.1 Å².